The molecular formula is C4H8N2O6. The summed E-state index contributed by atoms with van der Waals surface area (Å²) < 4.78 is 0. The molecule has 0 aliphatic rings. The van der Waals surface area contributed by atoms with Gasteiger partial charge in [-0.2, -0.15) is 0 Å². The Kier molecular flexibility index (Phi) is 5.75. The van der Waals surface area contributed by atoms with E-state index in [9.17, 15) is 20.2 Å². The SMILES string of the molecule is O=[N+]([O-])CCOOCC[N+](=O)[O-]. The summed E-state index contributed by atoms with van der Waals surface area (Å²) in [5.41, 5.74) is 0. The molecule has 0 saturated carbocycles. The Hall–Kier alpha value is -1.28. The molecule has 0 spiro atoms. The predicted octanol–water partition coefficient (Wildman–Crippen LogP) is -0.512. The summed E-state index contributed by atoms with van der Waals surface area (Å²) >= 11 is 0. The van der Waals surface area contributed by atoms with Crippen molar-refractivity contribution in [3.63, 3.8) is 0 Å². The van der Waals surface area contributed by atoms with Gasteiger partial charge in [-0.05, 0) is 0 Å². The van der Waals surface area contributed by atoms with E-state index < -0.39 is 9.85 Å². The Labute approximate surface area is 67.3 Å². The van der Waals surface area contributed by atoms with Gasteiger partial charge in [-0.25, -0.2) is 9.78 Å². The van der Waals surface area contributed by atoms with Crippen LogP contribution in [-0.2, 0) is 9.78 Å². The standard InChI is InChI=1S/C4H8N2O6/c7-5(8)1-3-11-12-4-2-6(9)10/h1-4H2. The molecule has 0 atom stereocenters. The first-order valence-electron chi connectivity index (χ1n) is 3.11. The molecule has 0 saturated heterocycles. The van der Waals surface area contributed by atoms with Crippen molar-refractivity contribution >= 4 is 0 Å². The molecule has 8 heteroatoms. The zero-order valence-corrected chi connectivity index (χ0v) is 6.17. The van der Waals surface area contributed by atoms with Crippen LogP contribution in [0.4, 0.5) is 0 Å². The summed E-state index contributed by atoms with van der Waals surface area (Å²) in [5.74, 6) is 0. The fourth-order valence-electron chi connectivity index (χ4n) is 0.341. The minimum absolute atomic E-state index is 0.204. The highest BCUT2D eigenvalue weighted by Crippen LogP contribution is 1.80. The molecule has 0 unspecified atom stereocenters. The van der Waals surface area contributed by atoms with Crippen LogP contribution in [0, 0.1) is 20.2 Å². The van der Waals surface area contributed by atoms with Crippen molar-refractivity contribution in [3.8, 4) is 0 Å². The highest BCUT2D eigenvalue weighted by molar-refractivity contribution is 4.22. The molecule has 0 radical (unpaired) electrons. The summed E-state index contributed by atoms with van der Waals surface area (Å²) in [6, 6.07) is 0. The van der Waals surface area contributed by atoms with Gasteiger partial charge in [0.15, 0.2) is 0 Å². The largest absolute Gasteiger partial charge is 0.264 e. The Morgan fingerprint density at radius 1 is 0.917 bits per heavy atom. The zero-order valence-electron chi connectivity index (χ0n) is 6.17. The van der Waals surface area contributed by atoms with Gasteiger partial charge in [-0.1, -0.05) is 0 Å². The van der Waals surface area contributed by atoms with Crippen LogP contribution in [0.1, 0.15) is 0 Å². The zero-order chi connectivity index (χ0) is 9.40. The third kappa shape index (κ3) is 8.72. The molecular weight excluding hydrogens is 172 g/mol. The Balaban J connectivity index is 3.01. The Morgan fingerprint density at radius 2 is 1.25 bits per heavy atom. The second-order valence-electron chi connectivity index (χ2n) is 1.76. The van der Waals surface area contributed by atoms with Crippen molar-refractivity contribution in [2.75, 3.05) is 26.3 Å². The first-order valence-corrected chi connectivity index (χ1v) is 3.11. The average molecular weight is 180 g/mol. The molecule has 0 amide bonds. The molecule has 0 aromatic heterocycles. The number of hydrogen-bond acceptors (Lipinski definition) is 6. The van der Waals surface area contributed by atoms with Crippen molar-refractivity contribution < 1.29 is 19.6 Å². The van der Waals surface area contributed by atoms with E-state index in [-0.39, 0.29) is 26.3 Å². The van der Waals surface area contributed by atoms with Crippen LogP contribution in [-0.4, -0.2) is 36.1 Å². The fourth-order valence-corrected chi connectivity index (χ4v) is 0.341. The third-order valence-corrected chi connectivity index (χ3v) is 0.798. The van der Waals surface area contributed by atoms with Crippen LogP contribution in [0.15, 0.2) is 0 Å². The monoisotopic (exact) mass is 180 g/mol. The van der Waals surface area contributed by atoms with Crippen molar-refractivity contribution in [1.82, 2.24) is 0 Å². The van der Waals surface area contributed by atoms with Crippen molar-refractivity contribution in [3.05, 3.63) is 20.2 Å². The smallest absolute Gasteiger partial charge is 0.230 e. The van der Waals surface area contributed by atoms with E-state index in [2.05, 4.69) is 9.78 Å². The quantitative estimate of drug-likeness (QED) is 0.226. The van der Waals surface area contributed by atoms with Gasteiger partial charge in [-0.3, -0.25) is 20.2 Å². The van der Waals surface area contributed by atoms with Gasteiger partial charge in [0, 0.05) is 9.85 Å². The first kappa shape index (κ1) is 10.7. The van der Waals surface area contributed by atoms with Crippen LogP contribution in [0.2, 0.25) is 0 Å². The topological polar surface area (TPSA) is 105 Å². The molecule has 12 heavy (non-hydrogen) atoms. The predicted molar refractivity (Wildman–Crippen MR) is 35.6 cm³/mol. The van der Waals surface area contributed by atoms with E-state index in [1.54, 1.807) is 0 Å². The maximum atomic E-state index is 9.70. The number of rotatable bonds is 7. The molecule has 8 nitrogen and oxygen atoms in total. The van der Waals surface area contributed by atoms with Gasteiger partial charge in [-0.15, -0.1) is 0 Å². The number of nitro groups is 2. The molecule has 0 heterocycles. The van der Waals surface area contributed by atoms with Crippen LogP contribution < -0.4 is 0 Å². The van der Waals surface area contributed by atoms with Gasteiger partial charge in [0.05, 0.1) is 0 Å². The highest BCUT2D eigenvalue weighted by atomic mass is 17.2. The maximum absolute atomic E-state index is 9.70. The molecule has 0 N–H and O–H groups in total. The average Bonchev–Trinajstić information content (AvgIpc) is 1.95. The van der Waals surface area contributed by atoms with Crippen molar-refractivity contribution in [2.24, 2.45) is 0 Å². The first-order chi connectivity index (χ1) is 5.63. The summed E-state index contributed by atoms with van der Waals surface area (Å²) in [6.45, 7) is -1.16. The third-order valence-electron chi connectivity index (χ3n) is 0.798. The summed E-state index contributed by atoms with van der Waals surface area (Å²) in [4.78, 5) is 26.8. The van der Waals surface area contributed by atoms with Gasteiger partial charge in [0.2, 0.25) is 13.1 Å². The molecule has 0 fully saturated rings. The highest BCUT2D eigenvalue weighted by Gasteiger charge is 1.99. The molecule has 0 aromatic carbocycles. The second kappa shape index (κ2) is 6.43. The molecule has 0 aliphatic carbocycles. The van der Waals surface area contributed by atoms with Crippen LogP contribution in [0.3, 0.4) is 0 Å². The molecule has 0 bridgehead atoms. The minimum Gasteiger partial charge on any atom is -0.264 e. The van der Waals surface area contributed by atoms with E-state index in [0.29, 0.717) is 0 Å². The van der Waals surface area contributed by atoms with E-state index >= 15 is 0 Å². The van der Waals surface area contributed by atoms with Crippen molar-refractivity contribution in [1.29, 1.82) is 0 Å². The van der Waals surface area contributed by atoms with E-state index in [1.807, 2.05) is 0 Å². The lowest BCUT2D eigenvalue weighted by Crippen LogP contribution is -2.13. The van der Waals surface area contributed by atoms with Crippen LogP contribution in [0.25, 0.3) is 0 Å². The van der Waals surface area contributed by atoms with Gasteiger partial charge in [0.1, 0.15) is 13.2 Å². The van der Waals surface area contributed by atoms with Crippen LogP contribution >= 0.6 is 0 Å². The minimum atomic E-state index is -0.573. The van der Waals surface area contributed by atoms with Gasteiger partial charge < -0.3 is 0 Å². The normalized spacial score (nSPS) is 9.67. The van der Waals surface area contributed by atoms with Crippen molar-refractivity contribution in [2.45, 2.75) is 0 Å². The second-order valence-corrected chi connectivity index (χ2v) is 1.76. The Bertz CT molecular complexity index is 142. The molecule has 0 rings (SSSR count). The summed E-state index contributed by atoms with van der Waals surface area (Å²) in [5, 5.41) is 19.4. The maximum Gasteiger partial charge on any atom is 0.230 e. The van der Waals surface area contributed by atoms with E-state index in [1.165, 1.54) is 0 Å². The lowest BCUT2D eigenvalue weighted by atomic mass is 10.7. The Morgan fingerprint density at radius 3 is 1.50 bits per heavy atom. The van der Waals surface area contributed by atoms with Gasteiger partial charge in [0.25, 0.3) is 0 Å². The summed E-state index contributed by atoms with van der Waals surface area (Å²) in [6.07, 6.45) is 0. The van der Waals surface area contributed by atoms with Crippen LogP contribution in [0.5, 0.6) is 0 Å². The number of nitrogens with zero attached hydrogens (tertiary/aromatic N) is 2. The lowest BCUT2D eigenvalue weighted by molar-refractivity contribution is -0.507. The van der Waals surface area contributed by atoms with E-state index in [0.717, 1.165) is 0 Å². The summed E-state index contributed by atoms with van der Waals surface area (Å²) in [7, 11) is 0. The number of hydrogen-bond donors (Lipinski definition) is 0. The molecule has 0 aliphatic heterocycles. The molecule has 0 aromatic rings. The fraction of sp³-hybridized carbons (Fsp3) is 1.00. The van der Waals surface area contributed by atoms with E-state index in [4.69, 9.17) is 0 Å². The molecule has 70 valence electrons. The van der Waals surface area contributed by atoms with Gasteiger partial charge >= 0.3 is 0 Å². The lowest BCUT2D eigenvalue weighted by Gasteiger charge is -1.97.